The predicted molar refractivity (Wildman–Crippen MR) is 130 cm³/mol. The lowest BCUT2D eigenvalue weighted by Crippen LogP contribution is -2.33. The van der Waals surface area contributed by atoms with Crippen molar-refractivity contribution < 1.29 is 31.7 Å². The largest absolute Gasteiger partial charge is 0.468 e. The lowest BCUT2D eigenvalue weighted by atomic mass is 9.98. The van der Waals surface area contributed by atoms with Gasteiger partial charge in [0.15, 0.2) is 0 Å². The normalized spacial score (nSPS) is 13.3. The van der Waals surface area contributed by atoms with Crippen LogP contribution in [0.4, 0.5) is 4.79 Å². The maximum atomic E-state index is 12.5. The van der Waals surface area contributed by atoms with Crippen LogP contribution in [0.2, 0.25) is 0 Å². The highest BCUT2D eigenvalue weighted by Crippen LogP contribution is 2.44. The topological polar surface area (TPSA) is 108 Å². The van der Waals surface area contributed by atoms with Crippen LogP contribution in [0, 0.1) is 0 Å². The minimum Gasteiger partial charge on any atom is -0.468 e. The summed E-state index contributed by atoms with van der Waals surface area (Å²) in [5.74, 6) is -1.33. The maximum Gasteiger partial charge on any atom is 0.407 e. The summed E-state index contributed by atoms with van der Waals surface area (Å²) in [6.07, 6.45) is 0.286. The number of nitrogens with one attached hydrogen (secondary N) is 1. The third-order valence-corrected chi connectivity index (χ3v) is 6.31. The number of esters is 1. The molecule has 0 heterocycles. The van der Waals surface area contributed by atoms with E-state index in [4.69, 9.17) is 13.7 Å². The van der Waals surface area contributed by atoms with E-state index in [0.29, 0.717) is 5.56 Å². The molecule has 1 atom stereocenters. The number of fused-ring (bicyclic) bond motifs is 3. The summed E-state index contributed by atoms with van der Waals surface area (Å²) in [6, 6.07) is 22.0. The number of carbonyl (C=O) groups is 2. The third kappa shape index (κ3) is 5.63. The van der Waals surface area contributed by atoms with Crippen molar-refractivity contribution in [3.63, 3.8) is 0 Å². The molecule has 0 saturated heterocycles. The molecule has 0 spiro atoms. The Labute approximate surface area is 204 Å². The fourth-order valence-electron chi connectivity index (χ4n) is 4.24. The van der Waals surface area contributed by atoms with Gasteiger partial charge in [-0.15, -0.1) is 0 Å². The Hall–Kier alpha value is -3.85. The van der Waals surface area contributed by atoms with Crippen molar-refractivity contribution in [1.82, 2.24) is 5.32 Å². The molecule has 4 rings (SSSR count). The third-order valence-electron chi connectivity index (χ3n) is 5.81. The number of alkyl carbamates (subject to hydrolysis) is 1. The van der Waals surface area contributed by atoms with Crippen LogP contribution in [0.1, 0.15) is 28.5 Å². The highest BCUT2D eigenvalue weighted by atomic mass is 32.2. The molecule has 0 saturated carbocycles. The average molecular weight is 496 g/mol. The Morgan fingerprint density at radius 2 is 1.49 bits per heavy atom. The van der Waals surface area contributed by atoms with Crippen LogP contribution >= 0.6 is 0 Å². The summed E-state index contributed by atoms with van der Waals surface area (Å²) in [5.41, 5.74) is 4.99. The number of rotatable bonds is 8. The van der Waals surface area contributed by atoms with E-state index < -0.39 is 28.1 Å². The molecule has 8 nitrogen and oxygen atoms in total. The fourth-order valence-corrected chi connectivity index (χ4v) is 4.71. The van der Waals surface area contributed by atoms with E-state index in [2.05, 4.69) is 17.4 Å². The summed E-state index contributed by atoms with van der Waals surface area (Å²) in [6.45, 7) is 0.0932. The van der Waals surface area contributed by atoms with Crippen molar-refractivity contribution in [1.29, 1.82) is 0 Å². The lowest BCUT2D eigenvalue weighted by molar-refractivity contribution is -0.142. The Morgan fingerprint density at radius 3 is 2.03 bits per heavy atom. The van der Waals surface area contributed by atoms with Crippen molar-refractivity contribution in [2.45, 2.75) is 11.8 Å². The molecule has 0 bridgehead atoms. The standard InChI is InChI=1S/C26H25NO7S/c1-32-25(28)23(17-11-13-18(14-12-17)34-35(2,30)31)15-27-26(29)33-16-24-21-9-5-3-7-19(21)20-8-4-6-10-22(20)24/h3-14,23-24H,15-16H2,1-2H3,(H,27,29). The first-order chi connectivity index (χ1) is 16.8. The fraction of sp³-hybridized carbons (Fsp3) is 0.231. The molecule has 0 aliphatic heterocycles. The van der Waals surface area contributed by atoms with Crippen molar-refractivity contribution >= 4 is 22.2 Å². The summed E-state index contributed by atoms with van der Waals surface area (Å²) in [5, 5.41) is 2.63. The van der Waals surface area contributed by atoms with Crippen molar-refractivity contribution in [2.75, 3.05) is 26.5 Å². The second-order valence-electron chi connectivity index (χ2n) is 8.14. The molecule has 0 fully saturated rings. The highest BCUT2D eigenvalue weighted by molar-refractivity contribution is 7.86. The second-order valence-corrected chi connectivity index (χ2v) is 9.71. The van der Waals surface area contributed by atoms with Crippen molar-refractivity contribution in [3.05, 3.63) is 89.5 Å². The molecule has 1 N–H and O–H groups in total. The number of amides is 1. The van der Waals surface area contributed by atoms with Crippen LogP contribution in [0.25, 0.3) is 11.1 Å². The van der Waals surface area contributed by atoms with Gasteiger partial charge in [-0.2, -0.15) is 8.42 Å². The van der Waals surface area contributed by atoms with Crippen molar-refractivity contribution in [3.8, 4) is 16.9 Å². The van der Waals surface area contributed by atoms with Gasteiger partial charge in [0, 0.05) is 12.5 Å². The van der Waals surface area contributed by atoms with Gasteiger partial charge in [-0.25, -0.2) is 4.79 Å². The quantitative estimate of drug-likeness (QED) is 0.374. The molecular weight excluding hydrogens is 470 g/mol. The molecular formula is C26H25NO7S. The van der Waals surface area contributed by atoms with Gasteiger partial charge in [-0.1, -0.05) is 60.7 Å². The SMILES string of the molecule is COC(=O)C(CNC(=O)OCC1c2ccccc2-c2ccccc21)c1ccc(OS(C)(=O)=O)cc1. The Kier molecular flexibility index (Phi) is 7.07. The number of methoxy groups -OCH3 is 1. The molecule has 1 aliphatic rings. The summed E-state index contributed by atoms with van der Waals surface area (Å²) in [4.78, 5) is 24.8. The summed E-state index contributed by atoms with van der Waals surface area (Å²) in [7, 11) is -2.41. The number of carbonyl (C=O) groups excluding carboxylic acids is 2. The minimum absolute atomic E-state index is 0.0599. The zero-order valence-corrected chi connectivity index (χ0v) is 20.1. The first-order valence-electron chi connectivity index (χ1n) is 10.9. The zero-order valence-electron chi connectivity index (χ0n) is 19.3. The van der Waals surface area contributed by atoms with Crippen LogP contribution < -0.4 is 9.50 Å². The van der Waals surface area contributed by atoms with Gasteiger partial charge in [0.2, 0.25) is 0 Å². The maximum absolute atomic E-state index is 12.5. The second kappa shape index (κ2) is 10.2. The summed E-state index contributed by atoms with van der Waals surface area (Å²) < 4.78 is 37.8. The smallest absolute Gasteiger partial charge is 0.407 e. The minimum atomic E-state index is -3.67. The van der Waals surface area contributed by atoms with Crippen LogP contribution in [-0.2, 0) is 24.4 Å². The first kappa shape index (κ1) is 24.3. The molecule has 3 aromatic carbocycles. The Balaban J connectivity index is 1.40. The van der Waals surface area contributed by atoms with Gasteiger partial charge in [0.05, 0.1) is 19.3 Å². The Bertz CT molecular complexity index is 1290. The lowest BCUT2D eigenvalue weighted by Gasteiger charge is -2.18. The van der Waals surface area contributed by atoms with Gasteiger partial charge in [0.25, 0.3) is 0 Å². The number of hydrogen-bond acceptors (Lipinski definition) is 7. The van der Waals surface area contributed by atoms with E-state index in [1.165, 1.54) is 19.2 Å². The van der Waals surface area contributed by atoms with Gasteiger partial charge in [-0.3, -0.25) is 4.79 Å². The molecule has 0 radical (unpaired) electrons. The van der Waals surface area contributed by atoms with E-state index >= 15 is 0 Å². The average Bonchev–Trinajstić information content (AvgIpc) is 3.16. The number of ether oxygens (including phenoxy) is 2. The molecule has 9 heteroatoms. The molecule has 35 heavy (non-hydrogen) atoms. The van der Waals surface area contributed by atoms with E-state index in [9.17, 15) is 18.0 Å². The van der Waals surface area contributed by atoms with Gasteiger partial charge in [-0.05, 0) is 39.9 Å². The predicted octanol–water partition coefficient (Wildman–Crippen LogP) is 3.82. The van der Waals surface area contributed by atoms with Gasteiger partial charge in [0.1, 0.15) is 12.4 Å². The number of hydrogen-bond donors (Lipinski definition) is 1. The molecule has 1 amide bonds. The first-order valence-corrected chi connectivity index (χ1v) is 12.7. The van der Waals surface area contributed by atoms with E-state index in [0.717, 1.165) is 28.5 Å². The van der Waals surface area contributed by atoms with Crippen LogP contribution in [0.15, 0.2) is 72.8 Å². The van der Waals surface area contributed by atoms with Crippen LogP contribution in [0.3, 0.4) is 0 Å². The monoisotopic (exact) mass is 495 g/mol. The highest BCUT2D eigenvalue weighted by Gasteiger charge is 2.29. The van der Waals surface area contributed by atoms with Gasteiger partial charge < -0.3 is 19.0 Å². The summed E-state index contributed by atoms with van der Waals surface area (Å²) >= 11 is 0. The van der Waals surface area contributed by atoms with Crippen molar-refractivity contribution in [2.24, 2.45) is 0 Å². The molecule has 0 aromatic heterocycles. The van der Waals surface area contributed by atoms with E-state index in [1.54, 1.807) is 12.1 Å². The zero-order chi connectivity index (χ0) is 25.0. The molecule has 1 aliphatic carbocycles. The van der Waals surface area contributed by atoms with Crippen LogP contribution in [0.5, 0.6) is 5.75 Å². The van der Waals surface area contributed by atoms with Crippen LogP contribution in [-0.4, -0.2) is 47.0 Å². The van der Waals surface area contributed by atoms with E-state index in [-0.39, 0.29) is 24.8 Å². The van der Waals surface area contributed by atoms with E-state index in [1.807, 2.05) is 36.4 Å². The Morgan fingerprint density at radius 1 is 0.914 bits per heavy atom. The van der Waals surface area contributed by atoms with Gasteiger partial charge >= 0.3 is 22.2 Å². The molecule has 182 valence electrons. The number of benzene rings is 3. The molecule has 1 unspecified atom stereocenters. The molecule has 3 aromatic rings.